The number of nitrogens with zero attached hydrogens (tertiary/aromatic N) is 4. The highest BCUT2D eigenvalue weighted by molar-refractivity contribution is 5.87. The molecule has 1 fully saturated rings. The van der Waals surface area contributed by atoms with Gasteiger partial charge < -0.3 is 10.0 Å². The van der Waals surface area contributed by atoms with Crippen molar-refractivity contribution in [3.05, 3.63) is 52.8 Å². The molecule has 1 aliphatic heterocycles. The maximum Gasteiger partial charge on any atom is 0.335 e. The summed E-state index contributed by atoms with van der Waals surface area (Å²) in [6, 6.07) is 9.14. The smallest absolute Gasteiger partial charge is 0.335 e. The molecule has 1 saturated heterocycles. The summed E-state index contributed by atoms with van der Waals surface area (Å²) >= 11 is 0. The number of aromatic nitrogens is 2. The Kier molecular flexibility index (Phi) is 4.76. The van der Waals surface area contributed by atoms with E-state index in [0.717, 1.165) is 55.6 Å². The first kappa shape index (κ1) is 16.4. The number of piperazine rings is 1. The summed E-state index contributed by atoms with van der Waals surface area (Å²) in [6.45, 7) is 8.32. The van der Waals surface area contributed by atoms with Gasteiger partial charge in [0.05, 0.1) is 5.56 Å². The predicted octanol–water partition coefficient (Wildman–Crippen LogP) is 2.11. The summed E-state index contributed by atoms with van der Waals surface area (Å²) in [5.41, 5.74) is 3.36. The highest BCUT2D eigenvalue weighted by Crippen LogP contribution is 2.15. The molecular formula is C18H22N4O2. The van der Waals surface area contributed by atoms with E-state index in [2.05, 4.69) is 19.8 Å². The average Bonchev–Trinajstić information content (AvgIpc) is 2.55. The maximum atomic E-state index is 11.1. The van der Waals surface area contributed by atoms with Gasteiger partial charge in [0.2, 0.25) is 5.95 Å². The van der Waals surface area contributed by atoms with Crippen molar-refractivity contribution in [2.75, 3.05) is 31.1 Å². The fourth-order valence-electron chi connectivity index (χ4n) is 3.02. The number of carbonyl (C=O) groups is 1. The largest absolute Gasteiger partial charge is 0.478 e. The second-order valence-electron chi connectivity index (χ2n) is 6.22. The van der Waals surface area contributed by atoms with Crippen molar-refractivity contribution in [2.24, 2.45) is 0 Å². The van der Waals surface area contributed by atoms with Crippen molar-refractivity contribution in [2.45, 2.75) is 20.4 Å². The van der Waals surface area contributed by atoms with Crippen molar-refractivity contribution in [3.8, 4) is 0 Å². The molecule has 0 spiro atoms. The third kappa shape index (κ3) is 3.89. The minimum Gasteiger partial charge on any atom is -0.478 e. The minimum absolute atomic E-state index is 0.342. The van der Waals surface area contributed by atoms with Crippen LogP contribution in [-0.4, -0.2) is 52.1 Å². The first-order chi connectivity index (χ1) is 11.5. The molecule has 24 heavy (non-hydrogen) atoms. The molecule has 0 bridgehead atoms. The summed E-state index contributed by atoms with van der Waals surface area (Å²) in [5, 5.41) is 9.09. The lowest BCUT2D eigenvalue weighted by Crippen LogP contribution is -2.46. The van der Waals surface area contributed by atoms with Crippen molar-refractivity contribution in [1.82, 2.24) is 14.9 Å². The molecular weight excluding hydrogens is 304 g/mol. The second kappa shape index (κ2) is 6.97. The zero-order chi connectivity index (χ0) is 17.1. The summed E-state index contributed by atoms with van der Waals surface area (Å²) in [6.07, 6.45) is 0. The van der Waals surface area contributed by atoms with Gasteiger partial charge in [-0.05, 0) is 37.6 Å². The first-order valence-corrected chi connectivity index (χ1v) is 8.13. The van der Waals surface area contributed by atoms with Crippen LogP contribution in [0.25, 0.3) is 0 Å². The number of hydrogen-bond acceptors (Lipinski definition) is 5. The Hall–Kier alpha value is -2.47. The van der Waals surface area contributed by atoms with Crippen LogP contribution >= 0.6 is 0 Å². The van der Waals surface area contributed by atoms with Crippen LogP contribution in [0.1, 0.15) is 27.3 Å². The van der Waals surface area contributed by atoms with Gasteiger partial charge in [0, 0.05) is 44.1 Å². The van der Waals surface area contributed by atoms with E-state index in [-0.39, 0.29) is 0 Å². The SMILES string of the molecule is Cc1cc(C)nc(N2CCN(Cc3cccc(C(=O)O)c3)CC2)n1. The molecule has 1 aliphatic rings. The summed E-state index contributed by atoms with van der Waals surface area (Å²) in [5.74, 6) is -0.0753. The number of rotatable bonds is 4. The average molecular weight is 326 g/mol. The Labute approximate surface area is 141 Å². The van der Waals surface area contributed by atoms with Gasteiger partial charge in [-0.25, -0.2) is 14.8 Å². The number of carboxylic acids is 1. The third-order valence-corrected chi connectivity index (χ3v) is 4.21. The van der Waals surface area contributed by atoms with Crippen LogP contribution in [0.15, 0.2) is 30.3 Å². The second-order valence-corrected chi connectivity index (χ2v) is 6.22. The van der Waals surface area contributed by atoms with E-state index < -0.39 is 5.97 Å². The fraction of sp³-hybridized carbons (Fsp3) is 0.389. The molecule has 0 unspecified atom stereocenters. The van der Waals surface area contributed by atoms with E-state index in [1.54, 1.807) is 18.2 Å². The monoisotopic (exact) mass is 326 g/mol. The molecule has 0 amide bonds. The van der Waals surface area contributed by atoms with Crippen LogP contribution in [0.2, 0.25) is 0 Å². The quantitative estimate of drug-likeness (QED) is 0.928. The fourth-order valence-corrected chi connectivity index (χ4v) is 3.02. The molecule has 126 valence electrons. The zero-order valence-electron chi connectivity index (χ0n) is 14.1. The summed E-state index contributed by atoms with van der Waals surface area (Å²) < 4.78 is 0. The third-order valence-electron chi connectivity index (χ3n) is 4.21. The Morgan fingerprint density at radius 1 is 1.08 bits per heavy atom. The van der Waals surface area contributed by atoms with Gasteiger partial charge in [-0.15, -0.1) is 0 Å². The van der Waals surface area contributed by atoms with Crippen molar-refractivity contribution < 1.29 is 9.90 Å². The van der Waals surface area contributed by atoms with Gasteiger partial charge in [-0.3, -0.25) is 4.90 Å². The van der Waals surface area contributed by atoms with E-state index in [4.69, 9.17) is 5.11 Å². The zero-order valence-corrected chi connectivity index (χ0v) is 14.1. The predicted molar refractivity (Wildman–Crippen MR) is 92.4 cm³/mol. The first-order valence-electron chi connectivity index (χ1n) is 8.13. The number of aryl methyl sites for hydroxylation is 2. The number of anilines is 1. The van der Waals surface area contributed by atoms with E-state index in [1.165, 1.54) is 0 Å². The molecule has 1 aromatic heterocycles. The number of aromatic carboxylic acids is 1. The Bertz CT molecular complexity index is 719. The molecule has 3 rings (SSSR count). The van der Waals surface area contributed by atoms with E-state index >= 15 is 0 Å². The standard InChI is InChI=1S/C18H22N4O2/c1-13-10-14(2)20-18(19-13)22-8-6-21(7-9-22)12-15-4-3-5-16(11-15)17(23)24/h3-5,10-11H,6-9,12H2,1-2H3,(H,23,24). The van der Waals surface area contributed by atoms with E-state index in [9.17, 15) is 4.79 Å². The van der Waals surface area contributed by atoms with E-state index in [0.29, 0.717) is 5.56 Å². The number of carboxylic acid groups (broad SMARTS) is 1. The molecule has 0 saturated carbocycles. The van der Waals surface area contributed by atoms with Crippen molar-refractivity contribution in [1.29, 1.82) is 0 Å². The lowest BCUT2D eigenvalue weighted by molar-refractivity contribution is 0.0696. The Morgan fingerprint density at radius 2 is 1.75 bits per heavy atom. The lowest BCUT2D eigenvalue weighted by Gasteiger charge is -2.35. The van der Waals surface area contributed by atoms with Crippen LogP contribution < -0.4 is 4.90 Å². The highest BCUT2D eigenvalue weighted by atomic mass is 16.4. The van der Waals surface area contributed by atoms with Gasteiger partial charge in [0.25, 0.3) is 0 Å². The van der Waals surface area contributed by atoms with Crippen LogP contribution in [0.3, 0.4) is 0 Å². The van der Waals surface area contributed by atoms with Crippen molar-refractivity contribution >= 4 is 11.9 Å². The Balaban J connectivity index is 1.61. The van der Waals surface area contributed by atoms with Gasteiger partial charge in [0.1, 0.15) is 0 Å². The molecule has 6 nitrogen and oxygen atoms in total. The van der Waals surface area contributed by atoms with Gasteiger partial charge in [-0.2, -0.15) is 0 Å². The van der Waals surface area contributed by atoms with Gasteiger partial charge in [0.15, 0.2) is 0 Å². The topological polar surface area (TPSA) is 69.6 Å². The van der Waals surface area contributed by atoms with Gasteiger partial charge in [-0.1, -0.05) is 12.1 Å². The molecule has 1 aromatic carbocycles. The van der Waals surface area contributed by atoms with Gasteiger partial charge >= 0.3 is 5.97 Å². The van der Waals surface area contributed by atoms with Crippen LogP contribution in [0.4, 0.5) is 5.95 Å². The molecule has 0 atom stereocenters. The molecule has 0 aliphatic carbocycles. The molecule has 0 radical (unpaired) electrons. The summed E-state index contributed by atoms with van der Waals surface area (Å²) in [7, 11) is 0. The number of benzene rings is 1. The molecule has 1 N–H and O–H groups in total. The maximum absolute atomic E-state index is 11.1. The Morgan fingerprint density at radius 3 is 2.38 bits per heavy atom. The highest BCUT2D eigenvalue weighted by Gasteiger charge is 2.19. The van der Waals surface area contributed by atoms with Crippen LogP contribution in [-0.2, 0) is 6.54 Å². The number of hydrogen-bond donors (Lipinski definition) is 1. The minimum atomic E-state index is -0.881. The lowest BCUT2D eigenvalue weighted by atomic mass is 10.1. The van der Waals surface area contributed by atoms with Crippen LogP contribution in [0.5, 0.6) is 0 Å². The molecule has 2 aromatic rings. The van der Waals surface area contributed by atoms with E-state index in [1.807, 2.05) is 26.0 Å². The summed E-state index contributed by atoms with van der Waals surface area (Å²) in [4.78, 5) is 24.7. The van der Waals surface area contributed by atoms with Crippen LogP contribution in [0, 0.1) is 13.8 Å². The normalized spacial score (nSPS) is 15.5. The molecule has 2 heterocycles. The molecule has 6 heteroatoms. The van der Waals surface area contributed by atoms with Crippen molar-refractivity contribution in [3.63, 3.8) is 0 Å².